The van der Waals surface area contributed by atoms with Crippen LogP contribution >= 0.6 is 23.2 Å². The molecule has 0 bridgehead atoms. The first kappa shape index (κ1) is 15.3. The highest BCUT2D eigenvalue weighted by Gasteiger charge is 2.27. The Hall–Kier alpha value is -2.13. The maximum absolute atomic E-state index is 12.4. The van der Waals surface area contributed by atoms with Gasteiger partial charge in [0.05, 0.1) is 5.56 Å². The second-order valence-corrected chi connectivity index (χ2v) is 5.17. The van der Waals surface area contributed by atoms with Crippen LogP contribution in [0, 0.1) is 0 Å². The molecule has 0 spiro atoms. The van der Waals surface area contributed by atoms with Crippen LogP contribution < -0.4 is 4.90 Å². The number of likely N-dealkylation sites (N-methyl/N-ethyl adjacent to an activating group) is 1. The standard InChI is InChI=1S/C15H11Cl2N3O/c1-20(13-8-6-12(17)7-9-13)15(21)14(19-18)10-2-4-11(16)5-3-10/h2-9H,1H3. The van der Waals surface area contributed by atoms with Gasteiger partial charge in [0.15, 0.2) is 0 Å². The lowest BCUT2D eigenvalue weighted by atomic mass is 10.1. The first-order valence-corrected chi connectivity index (χ1v) is 6.80. The molecule has 0 saturated heterocycles. The van der Waals surface area contributed by atoms with Crippen LogP contribution in [-0.4, -0.2) is 23.5 Å². The fourth-order valence-corrected chi connectivity index (χ4v) is 2.02. The summed E-state index contributed by atoms with van der Waals surface area (Å²) in [6.07, 6.45) is 0. The zero-order valence-corrected chi connectivity index (χ0v) is 12.6. The summed E-state index contributed by atoms with van der Waals surface area (Å²) >= 11 is 11.6. The summed E-state index contributed by atoms with van der Waals surface area (Å²) in [4.78, 5) is 16.9. The van der Waals surface area contributed by atoms with Gasteiger partial charge in [-0.3, -0.25) is 4.79 Å². The molecule has 4 nitrogen and oxygen atoms in total. The van der Waals surface area contributed by atoms with Crippen molar-refractivity contribution >= 4 is 40.5 Å². The first-order chi connectivity index (χ1) is 10.0. The van der Waals surface area contributed by atoms with Crippen LogP contribution in [0.25, 0.3) is 5.53 Å². The molecular weight excluding hydrogens is 309 g/mol. The monoisotopic (exact) mass is 319 g/mol. The average molecular weight is 320 g/mol. The van der Waals surface area contributed by atoms with E-state index in [1.165, 1.54) is 4.90 Å². The molecule has 0 aliphatic carbocycles. The highest BCUT2D eigenvalue weighted by molar-refractivity contribution is 6.47. The first-order valence-electron chi connectivity index (χ1n) is 6.04. The van der Waals surface area contributed by atoms with Gasteiger partial charge < -0.3 is 10.4 Å². The predicted octanol–water partition coefficient (Wildman–Crippen LogP) is 3.68. The zero-order chi connectivity index (χ0) is 15.4. The molecule has 2 aromatic rings. The summed E-state index contributed by atoms with van der Waals surface area (Å²) in [6.45, 7) is 0. The molecule has 0 aliphatic heterocycles. The maximum atomic E-state index is 12.4. The lowest BCUT2D eigenvalue weighted by molar-refractivity contribution is -0.116. The van der Waals surface area contributed by atoms with Crippen LogP contribution in [0.5, 0.6) is 0 Å². The number of carbonyl (C=O) groups is 1. The third-order valence-electron chi connectivity index (χ3n) is 2.94. The summed E-state index contributed by atoms with van der Waals surface area (Å²) in [5.41, 5.74) is 10.2. The molecule has 0 atom stereocenters. The molecule has 0 aliphatic rings. The molecule has 1 amide bonds. The van der Waals surface area contributed by atoms with Crippen LogP contribution in [-0.2, 0) is 4.79 Å². The summed E-state index contributed by atoms with van der Waals surface area (Å²) in [5.74, 6) is -0.442. The lowest BCUT2D eigenvalue weighted by Gasteiger charge is -2.14. The van der Waals surface area contributed by atoms with Gasteiger partial charge in [-0.1, -0.05) is 23.2 Å². The SMILES string of the molecule is CN(C(=O)C(=[N+]=[N-])c1ccc(Cl)cc1)c1ccc(Cl)cc1. The largest absolute Gasteiger partial charge is 0.386 e. The number of hydrogen-bond donors (Lipinski definition) is 0. The Balaban J connectivity index is 2.30. The van der Waals surface area contributed by atoms with Crippen LogP contribution in [0.15, 0.2) is 48.5 Å². The number of nitrogens with zero attached hydrogens (tertiary/aromatic N) is 3. The second-order valence-electron chi connectivity index (χ2n) is 4.30. The number of benzene rings is 2. The van der Waals surface area contributed by atoms with E-state index in [2.05, 4.69) is 4.79 Å². The van der Waals surface area contributed by atoms with E-state index in [9.17, 15) is 4.79 Å². The van der Waals surface area contributed by atoms with Gasteiger partial charge in [-0.25, -0.2) is 0 Å². The van der Waals surface area contributed by atoms with Crippen LogP contribution in [0.2, 0.25) is 10.0 Å². The summed E-state index contributed by atoms with van der Waals surface area (Å²) < 4.78 is 0. The van der Waals surface area contributed by atoms with Gasteiger partial charge in [-0.2, -0.15) is 4.79 Å². The average Bonchev–Trinajstić information content (AvgIpc) is 2.50. The molecule has 0 saturated carbocycles. The summed E-state index contributed by atoms with van der Waals surface area (Å²) in [6, 6.07) is 13.2. The number of amides is 1. The number of anilines is 1. The quantitative estimate of drug-likeness (QED) is 0.483. The topological polar surface area (TPSA) is 56.7 Å². The van der Waals surface area contributed by atoms with E-state index in [4.69, 9.17) is 28.7 Å². The van der Waals surface area contributed by atoms with E-state index in [1.807, 2.05) is 0 Å². The third kappa shape index (κ3) is 3.50. The van der Waals surface area contributed by atoms with Gasteiger partial charge in [-0.05, 0) is 48.5 Å². The maximum Gasteiger partial charge on any atom is 0.386 e. The number of carbonyl (C=O) groups excluding carboxylic acids is 1. The van der Waals surface area contributed by atoms with Crippen LogP contribution in [0.1, 0.15) is 5.56 Å². The molecule has 2 aromatic carbocycles. The highest BCUT2D eigenvalue weighted by Crippen LogP contribution is 2.18. The Morgan fingerprint density at radius 1 is 1.00 bits per heavy atom. The van der Waals surface area contributed by atoms with Crippen molar-refractivity contribution in [1.29, 1.82) is 0 Å². The molecule has 2 rings (SSSR count). The van der Waals surface area contributed by atoms with Crippen LogP contribution in [0.3, 0.4) is 0 Å². The van der Waals surface area contributed by atoms with E-state index >= 15 is 0 Å². The fraction of sp³-hybridized carbons (Fsp3) is 0.0667. The third-order valence-corrected chi connectivity index (χ3v) is 3.44. The number of rotatable bonds is 3. The Morgan fingerprint density at radius 2 is 1.48 bits per heavy atom. The van der Waals surface area contributed by atoms with E-state index in [-0.39, 0.29) is 5.71 Å². The molecule has 0 heterocycles. The van der Waals surface area contributed by atoms with Crippen molar-refractivity contribution in [3.05, 3.63) is 69.7 Å². The molecule has 0 aromatic heterocycles. The molecule has 0 radical (unpaired) electrons. The van der Waals surface area contributed by atoms with Crippen molar-refractivity contribution in [1.82, 2.24) is 0 Å². The van der Waals surface area contributed by atoms with Crippen molar-refractivity contribution < 1.29 is 9.58 Å². The fourth-order valence-electron chi connectivity index (χ4n) is 1.77. The van der Waals surface area contributed by atoms with E-state index in [0.717, 1.165) is 0 Å². The summed E-state index contributed by atoms with van der Waals surface area (Å²) in [5, 5.41) is 1.11. The van der Waals surface area contributed by atoms with Gasteiger partial charge in [0.25, 0.3) is 0 Å². The minimum Gasteiger partial charge on any atom is -0.361 e. The van der Waals surface area contributed by atoms with Gasteiger partial charge >= 0.3 is 11.6 Å². The molecular formula is C15H11Cl2N3O. The molecule has 6 heteroatoms. The Labute approximate surface area is 132 Å². The minimum absolute atomic E-state index is 0.0656. The lowest BCUT2D eigenvalue weighted by Crippen LogP contribution is -2.34. The second kappa shape index (κ2) is 6.55. The molecule has 106 valence electrons. The highest BCUT2D eigenvalue weighted by atomic mass is 35.5. The van der Waals surface area contributed by atoms with Gasteiger partial charge in [-0.15, -0.1) is 0 Å². The van der Waals surface area contributed by atoms with Crippen LogP contribution in [0.4, 0.5) is 5.69 Å². The van der Waals surface area contributed by atoms with Gasteiger partial charge in [0.1, 0.15) is 0 Å². The van der Waals surface area contributed by atoms with Crippen molar-refractivity contribution in [2.75, 3.05) is 11.9 Å². The van der Waals surface area contributed by atoms with Gasteiger partial charge in [0, 0.05) is 22.8 Å². The molecule has 0 unspecified atom stereocenters. The summed E-state index contributed by atoms with van der Waals surface area (Å²) in [7, 11) is 1.59. The van der Waals surface area contributed by atoms with Crippen molar-refractivity contribution in [3.8, 4) is 0 Å². The Bertz CT molecular complexity index is 705. The Morgan fingerprint density at radius 3 is 1.95 bits per heavy atom. The molecule has 0 N–H and O–H groups in total. The smallest absolute Gasteiger partial charge is 0.361 e. The number of halogens is 2. The molecule has 21 heavy (non-hydrogen) atoms. The van der Waals surface area contributed by atoms with E-state index in [1.54, 1.807) is 55.6 Å². The molecule has 0 fully saturated rings. The van der Waals surface area contributed by atoms with E-state index < -0.39 is 5.91 Å². The minimum atomic E-state index is -0.442. The van der Waals surface area contributed by atoms with Crippen molar-refractivity contribution in [2.45, 2.75) is 0 Å². The van der Waals surface area contributed by atoms with Crippen molar-refractivity contribution in [2.24, 2.45) is 0 Å². The predicted molar refractivity (Wildman–Crippen MR) is 84.0 cm³/mol. The van der Waals surface area contributed by atoms with Gasteiger partial charge in [0.2, 0.25) is 0 Å². The van der Waals surface area contributed by atoms with Crippen molar-refractivity contribution in [3.63, 3.8) is 0 Å². The Kier molecular flexibility index (Phi) is 4.76. The normalized spacial score (nSPS) is 9.86. The zero-order valence-electron chi connectivity index (χ0n) is 11.1. The number of hydrogen-bond acceptors (Lipinski definition) is 1. The van der Waals surface area contributed by atoms with E-state index in [0.29, 0.717) is 21.3 Å².